The van der Waals surface area contributed by atoms with Crippen LogP contribution in [0.4, 0.5) is 0 Å². The van der Waals surface area contributed by atoms with E-state index in [2.05, 4.69) is 0 Å². The highest BCUT2D eigenvalue weighted by Gasteiger charge is 2.20. The van der Waals surface area contributed by atoms with Gasteiger partial charge in [0.2, 0.25) is 0 Å². The summed E-state index contributed by atoms with van der Waals surface area (Å²) < 4.78 is 15.8. The van der Waals surface area contributed by atoms with Crippen LogP contribution >= 0.6 is 0 Å². The molecule has 2 aromatic carbocycles. The van der Waals surface area contributed by atoms with Crippen LogP contribution in [0.25, 0.3) is 0 Å². The van der Waals surface area contributed by atoms with Crippen LogP contribution in [-0.2, 0) is 4.79 Å². The predicted molar refractivity (Wildman–Crippen MR) is 86.5 cm³/mol. The molecule has 23 heavy (non-hydrogen) atoms. The Hall–Kier alpha value is -2.69. The van der Waals surface area contributed by atoms with Gasteiger partial charge in [-0.1, -0.05) is 18.2 Å². The Balaban J connectivity index is 1.97. The third-order valence-corrected chi connectivity index (χ3v) is 3.53. The van der Waals surface area contributed by atoms with Gasteiger partial charge in [0.15, 0.2) is 0 Å². The van der Waals surface area contributed by atoms with Gasteiger partial charge >= 0.3 is 5.97 Å². The van der Waals surface area contributed by atoms with Crippen molar-refractivity contribution < 1.29 is 24.1 Å². The Bertz CT molecular complexity index is 636. The lowest BCUT2D eigenvalue weighted by Crippen LogP contribution is -2.15. The summed E-state index contributed by atoms with van der Waals surface area (Å²) in [7, 11) is 3.16. The lowest BCUT2D eigenvalue weighted by Gasteiger charge is -2.14. The molecule has 0 saturated carbocycles. The number of rotatable bonds is 8. The van der Waals surface area contributed by atoms with Crippen molar-refractivity contribution in [3.63, 3.8) is 0 Å². The Morgan fingerprint density at radius 3 is 2.26 bits per heavy atom. The summed E-state index contributed by atoms with van der Waals surface area (Å²) in [6.45, 7) is 0.302. The molecule has 5 nitrogen and oxygen atoms in total. The molecule has 0 saturated heterocycles. The summed E-state index contributed by atoms with van der Waals surface area (Å²) in [6, 6.07) is 14.3. The minimum atomic E-state index is -0.871. The maximum absolute atomic E-state index is 11.5. The molecular weight excluding hydrogens is 296 g/mol. The molecule has 0 aliphatic carbocycles. The molecule has 0 fully saturated rings. The normalized spacial score (nSPS) is 11.6. The van der Waals surface area contributed by atoms with Crippen molar-refractivity contribution >= 4 is 5.97 Å². The fourth-order valence-corrected chi connectivity index (χ4v) is 2.25. The fraction of sp³-hybridized carbons (Fsp3) is 0.278. The van der Waals surface area contributed by atoms with Crippen LogP contribution in [0.1, 0.15) is 17.9 Å². The Morgan fingerprint density at radius 1 is 1.00 bits per heavy atom. The number of benzene rings is 2. The van der Waals surface area contributed by atoms with Gasteiger partial charge in [0.05, 0.1) is 26.7 Å². The van der Waals surface area contributed by atoms with E-state index < -0.39 is 11.9 Å². The second kappa shape index (κ2) is 8.08. The number of methoxy groups -OCH3 is 2. The van der Waals surface area contributed by atoms with E-state index in [1.54, 1.807) is 44.6 Å². The standard InChI is InChI=1S/C18H20O5/c1-21-14-8-6-13(7-9-14)17(18(19)20)10-11-23-16-5-3-4-15(12-16)22-2/h3-9,12,17H,10-11H2,1-2H3,(H,19,20). The molecule has 0 radical (unpaired) electrons. The first-order chi connectivity index (χ1) is 11.1. The van der Waals surface area contributed by atoms with Crippen molar-refractivity contribution in [2.45, 2.75) is 12.3 Å². The van der Waals surface area contributed by atoms with E-state index in [0.717, 1.165) is 5.56 Å². The van der Waals surface area contributed by atoms with E-state index in [0.29, 0.717) is 30.3 Å². The molecular formula is C18H20O5. The van der Waals surface area contributed by atoms with E-state index in [9.17, 15) is 9.90 Å². The third kappa shape index (κ3) is 4.64. The van der Waals surface area contributed by atoms with Crippen molar-refractivity contribution in [3.05, 3.63) is 54.1 Å². The van der Waals surface area contributed by atoms with E-state index in [4.69, 9.17) is 14.2 Å². The minimum absolute atomic E-state index is 0.302. The summed E-state index contributed by atoms with van der Waals surface area (Å²) in [6.07, 6.45) is 0.374. The maximum atomic E-state index is 11.5. The Kier molecular flexibility index (Phi) is 5.86. The molecule has 0 amide bonds. The first-order valence-corrected chi connectivity index (χ1v) is 7.27. The first kappa shape index (κ1) is 16.7. The zero-order valence-corrected chi connectivity index (χ0v) is 13.2. The number of carbonyl (C=O) groups is 1. The molecule has 1 unspecified atom stereocenters. The van der Waals surface area contributed by atoms with Crippen LogP contribution in [0, 0.1) is 0 Å². The number of aliphatic carboxylic acids is 1. The van der Waals surface area contributed by atoms with Crippen LogP contribution < -0.4 is 14.2 Å². The van der Waals surface area contributed by atoms with Crippen molar-refractivity contribution in [1.29, 1.82) is 0 Å². The molecule has 122 valence electrons. The molecule has 5 heteroatoms. The van der Waals surface area contributed by atoms with Crippen LogP contribution in [0.15, 0.2) is 48.5 Å². The number of hydrogen-bond acceptors (Lipinski definition) is 4. The largest absolute Gasteiger partial charge is 0.497 e. The quantitative estimate of drug-likeness (QED) is 0.809. The van der Waals surface area contributed by atoms with E-state index in [1.807, 2.05) is 18.2 Å². The zero-order valence-electron chi connectivity index (χ0n) is 13.2. The molecule has 0 heterocycles. The zero-order chi connectivity index (χ0) is 16.7. The average molecular weight is 316 g/mol. The van der Waals surface area contributed by atoms with Crippen LogP contribution in [0.3, 0.4) is 0 Å². The lowest BCUT2D eigenvalue weighted by atomic mass is 9.96. The van der Waals surface area contributed by atoms with Crippen molar-refractivity contribution in [2.24, 2.45) is 0 Å². The molecule has 0 spiro atoms. The van der Waals surface area contributed by atoms with E-state index >= 15 is 0 Å². The summed E-state index contributed by atoms with van der Waals surface area (Å²) in [4.78, 5) is 11.5. The molecule has 1 N–H and O–H groups in total. The highest BCUT2D eigenvalue weighted by Crippen LogP contribution is 2.24. The molecule has 0 aromatic heterocycles. The van der Waals surface area contributed by atoms with Gasteiger partial charge in [-0.05, 0) is 36.2 Å². The second-order valence-corrected chi connectivity index (χ2v) is 4.98. The molecule has 0 aliphatic heterocycles. The summed E-state index contributed by atoms with van der Waals surface area (Å²) in [5.41, 5.74) is 0.729. The summed E-state index contributed by atoms with van der Waals surface area (Å²) >= 11 is 0. The van der Waals surface area contributed by atoms with Gasteiger partial charge in [0.25, 0.3) is 0 Å². The lowest BCUT2D eigenvalue weighted by molar-refractivity contribution is -0.139. The van der Waals surface area contributed by atoms with Crippen LogP contribution in [-0.4, -0.2) is 31.9 Å². The number of ether oxygens (including phenoxy) is 3. The fourth-order valence-electron chi connectivity index (χ4n) is 2.25. The number of carboxylic acids is 1. The monoisotopic (exact) mass is 316 g/mol. The van der Waals surface area contributed by atoms with Crippen molar-refractivity contribution in [2.75, 3.05) is 20.8 Å². The molecule has 0 aliphatic rings. The van der Waals surface area contributed by atoms with Crippen LogP contribution in [0.5, 0.6) is 17.2 Å². The summed E-state index contributed by atoms with van der Waals surface area (Å²) in [5.74, 6) is 0.567. The van der Waals surface area contributed by atoms with E-state index in [1.165, 1.54) is 0 Å². The number of hydrogen-bond donors (Lipinski definition) is 1. The topological polar surface area (TPSA) is 65.0 Å². The summed E-state index contributed by atoms with van der Waals surface area (Å²) in [5, 5.41) is 9.43. The molecule has 2 rings (SSSR count). The Labute approximate surface area is 135 Å². The van der Waals surface area contributed by atoms with Crippen molar-refractivity contribution in [1.82, 2.24) is 0 Å². The predicted octanol–water partition coefficient (Wildman–Crippen LogP) is 3.34. The van der Waals surface area contributed by atoms with Crippen molar-refractivity contribution in [3.8, 4) is 17.2 Å². The molecule has 2 aromatic rings. The van der Waals surface area contributed by atoms with E-state index in [-0.39, 0.29) is 0 Å². The van der Waals surface area contributed by atoms with Gasteiger partial charge in [-0.25, -0.2) is 0 Å². The van der Waals surface area contributed by atoms with Gasteiger partial charge in [-0.15, -0.1) is 0 Å². The highest BCUT2D eigenvalue weighted by atomic mass is 16.5. The van der Waals surface area contributed by atoms with Gasteiger partial charge in [0, 0.05) is 6.07 Å². The first-order valence-electron chi connectivity index (χ1n) is 7.27. The number of carboxylic acid groups (broad SMARTS) is 1. The minimum Gasteiger partial charge on any atom is -0.497 e. The SMILES string of the molecule is COc1ccc(C(CCOc2cccc(OC)c2)C(=O)O)cc1. The molecule has 0 bridgehead atoms. The maximum Gasteiger partial charge on any atom is 0.311 e. The highest BCUT2D eigenvalue weighted by molar-refractivity contribution is 5.76. The van der Waals surface area contributed by atoms with Gasteiger partial charge in [-0.3, -0.25) is 4.79 Å². The van der Waals surface area contributed by atoms with Gasteiger partial charge in [-0.2, -0.15) is 0 Å². The smallest absolute Gasteiger partial charge is 0.311 e. The van der Waals surface area contributed by atoms with Crippen LogP contribution in [0.2, 0.25) is 0 Å². The average Bonchev–Trinajstić information content (AvgIpc) is 2.59. The Morgan fingerprint density at radius 2 is 1.65 bits per heavy atom. The molecule has 1 atom stereocenters. The third-order valence-electron chi connectivity index (χ3n) is 3.53. The van der Waals surface area contributed by atoms with Gasteiger partial charge in [0.1, 0.15) is 17.2 Å². The second-order valence-electron chi connectivity index (χ2n) is 4.98. The van der Waals surface area contributed by atoms with Gasteiger partial charge < -0.3 is 19.3 Å².